The van der Waals surface area contributed by atoms with Crippen molar-refractivity contribution < 1.29 is 14.3 Å². The number of Topliss-reactive ketones (excluding diaryl/α,β-unsaturated/α-hetero) is 1. The predicted octanol–water partition coefficient (Wildman–Crippen LogP) is 2.26. The molecule has 15 heavy (non-hydrogen) atoms. The van der Waals surface area contributed by atoms with Crippen molar-refractivity contribution in [2.45, 2.75) is 39.5 Å². The molecule has 84 valence electrons. The van der Waals surface area contributed by atoms with E-state index in [1.165, 1.54) is 0 Å². The molecule has 0 aromatic carbocycles. The van der Waals surface area contributed by atoms with Crippen LogP contribution in [0.1, 0.15) is 39.5 Å². The number of hydrogen-bond acceptors (Lipinski definition) is 3. The van der Waals surface area contributed by atoms with Crippen molar-refractivity contribution >= 4 is 11.8 Å². The van der Waals surface area contributed by atoms with Gasteiger partial charge in [-0.15, -0.1) is 0 Å². The fraction of sp³-hybridized carbons (Fsp3) is 0.667. The van der Waals surface area contributed by atoms with Gasteiger partial charge >= 0.3 is 5.97 Å². The van der Waals surface area contributed by atoms with Crippen LogP contribution in [0.15, 0.2) is 12.2 Å². The van der Waals surface area contributed by atoms with Gasteiger partial charge in [0.1, 0.15) is 17.8 Å². The smallest absolute Gasteiger partial charge is 0.319 e. The Morgan fingerprint density at radius 2 is 2.27 bits per heavy atom. The summed E-state index contributed by atoms with van der Waals surface area (Å²) in [6.07, 6.45) is 6.54. The van der Waals surface area contributed by atoms with Gasteiger partial charge in [-0.1, -0.05) is 18.6 Å². The largest absolute Gasteiger partial charge is 0.461 e. The molecule has 0 spiro atoms. The Kier molecular flexibility index (Phi) is 4.06. The first-order valence-electron chi connectivity index (χ1n) is 5.43. The third-order valence-corrected chi connectivity index (χ3v) is 2.94. The van der Waals surface area contributed by atoms with E-state index in [4.69, 9.17) is 4.74 Å². The number of carbonyl (C=O) groups excluding carboxylic acids is 2. The molecule has 0 bridgehead atoms. The molecule has 1 rings (SSSR count). The van der Waals surface area contributed by atoms with E-state index in [-0.39, 0.29) is 18.4 Å². The Morgan fingerprint density at radius 1 is 1.53 bits per heavy atom. The summed E-state index contributed by atoms with van der Waals surface area (Å²) in [6, 6.07) is 0. The maximum absolute atomic E-state index is 11.7. The first-order valence-corrected chi connectivity index (χ1v) is 5.43. The van der Waals surface area contributed by atoms with E-state index in [1.807, 2.05) is 13.0 Å². The second-order valence-electron chi connectivity index (χ2n) is 4.13. The van der Waals surface area contributed by atoms with Crippen LogP contribution in [0.4, 0.5) is 0 Å². The van der Waals surface area contributed by atoms with Crippen molar-refractivity contribution in [2.75, 3.05) is 6.61 Å². The minimum atomic E-state index is -0.889. The highest BCUT2D eigenvalue weighted by Crippen LogP contribution is 2.33. The Labute approximate surface area is 90.5 Å². The number of allylic oxidation sites excluding steroid dienone is 1. The van der Waals surface area contributed by atoms with E-state index in [0.29, 0.717) is 12.8 Å². The van der Waals surface area contributed by atoms with Crippen LogP contribution in [0, 0.1) is 5.41 Å². The number of rotatable bonds is 3. The molecule has 0 aromatic heterocycles. The lowest BCUT2D eigenvalue weighted by atomic mass is 9.75. The molecule has 0 saturated heterocycles. The number of hydrogen-bond donors (Lipinski definition) is 0. The minimum absolute atomic E-state index is 0.0271. The first kappa shape index (κ1) is 12.0. The Hall–Kier alpha value is -1.12. The van der Waals surface area contributed by atoms with Crippen LogP contribution in [-0.2, 0) is 14.3 Å². The van der Waals surface area contributed by atoms with Gasteiger partial charge in [-0.25, -0.2) is 0 Å². The fourth-order valence-electron chi connectivity index (χ4n) is 1.77. The van der Waals surface area contributed by atoms with Crippen molar-refractivity contribution in [3.8, 4) is 0 Å². The highest BCUT2D eigenvalue weighted by Gasteiger charge is 2.43. The van der Waals surface area contributed by atoms with Crippen molar-refractivity contribution in [3.63, 3.8) is 0 Å². The Balaban J connectivity index is 2.58. The van der Waals surface area contributed by atoms with Crippen molar-refractivity contribution in [3.05, 3.63) is 12.2 Å². The molecule has 0 amide bonds. The summed E-state index contributed by atoms with van der Waals surface area (Å²) < 4.78 is 5.05. The van der Waals surface area contributed by atoms with Gasteiger partial charge in [-0.2, -0.15) is 0 Å². The molecule has 1 aliphatic carbocycles. The van der Waals surface area contributed by atoms with Crippen LogP contribution >= 0.6 is 0 Å². The van der Waals surface area contributed by atoms with Gasteiger partial charge in [0.15, 0.2) is 0 Å². The molecule has 3 nitrogen and oxygen atoms in total. The average molecular weight is 210 g/mol. The summed E-state index contributed by atoms with van der Waals surface area (Å²) in [5.74, 6) is -0.343. The van der Waals surface area contributed by atoms with Crippen LogP contribution in [0.2, 0.25) is 0 Å². The van der Waals surface area contributed by atoms with Gasteiger partial charge < -0.3 is 4.74 Å². The van der Waals surface area contributed by atoms with Crippen molar-refractivity contribution in [1.82, 2.24) is 0 Å². The molecule has 0 N–H and O–H groups in total. The lowest BCUT2D eigenvalue weighted by Crippen LogP contribution is -2.40. The molecule has 0 aromatic rings. The Bertz CT molecular complexity index is 281. The normalized spacial score (nSPS) is 26.9. The zero-order valence-electron chi connectivity index (χ0n) is 9.41. The van der Waals surface area contributed by atoms with E-state index < -0.39 is 5.41 Å². The highest BCUT2D eigenvalue weighted by molar-refractivity contribution is 6.03. The van der Waals surface area contributed by atoms with Gasteiger partial charge in [0.05, 0.1) is 0 Å². The monoisotopic (exact) mass is 210 g/mol. The molecule has 1 unspecified atom stereocenters. The van der Waals surface area contributed by atoms with E-state index in [0.717, 1.165) is 12.8 Å². The van der Waals surface area contributed by atoms with Gasteiger partial charge in [0.25, 0.3) is 0 Å². The number of esters is 1. The molecule has 1 fully saturated rings. The van der Waals surface area contributed by atoms with Crippen LogP contribution < -0.4 is 0 Å². The third kappa shape index (κ3) is 2.67. The summed E-state index contributed by atoms with van der Waals surface area (Å²) >= 11 is 0. The van der Waals surface area contributed by atoms with Crippen molar-refractivity contribution in [2.24, 2.45) is 5.41 Å². The molecule has 1 atom stereocenters. The van der Waals surface area contributed by atoms with Crippen LogP contribution in [0.25, 0.3) is 0 Å². The average Bonchev–Trinajstić information content (AvgIpc) is 2.23. The standard InChI is InChI=1S/C12H18O3/c1-3-4-9-15-11(14)12(2)8-6-5-7-10(12)13/h3-4H,5-9H2,1-2H3/b4-3+. The van der Waals surface area contributed by atoms with E-state index >= 15 is 0 Å². The molecule has 0 radical (unpaired) electrons. The zero-order valence-corrected chi connectivity index (χ0v) is 9.41. The van der Waals surface area contributed by atoms with E-state index in [9.17, 15) is 9.59 Å². The number of ether oxygens (including phenoxy) is 1. The molecular weight excluding hydrogens is 192 g/mol. The topological polar surface area (TPSA) is 43.4 Å². The molecule has 0 aliphatic heterocycles. The van der Waals surface area contributed by atoms with Crippen LogP contribution in [0.3, 0.4) is 0 Å². The summed E-state index contributed by atoms with van der Waals surface area (Å²) in [5, 5.41) is 0. The van der Waals surface area contributed by atoms with Crippen molar-refractivity contribution in [1.29, 1.82) is 0 Å². The quantitative estimate of drug-likeness (QED) is 0.407. The van der Waals surface area contributed by atoms with Crippen LogP contribution in [0.5, 0.6) is 0 Å². The lowest BCUT2D eigenvalue weighted by molar-refractivity contribution is -0.160. The number of ketones is 1. The third-order valence-electron chi connectivity index (χ3n) is 2.94. The van der Waals surface area contributed by atoms with Gasteiger partial charge in [0, 0.05) is 6.42 Å². The maximum atomic E-state index is 11.7. The van der Waals surface area contributed by atoms with Gasteiger partial charge in [0.2, 0.25) is 0 Å². The molecule has 1 aliphatic rings. The SMILES string of the molecule is C/C=C/COC(=O)C1(C)CCCCC1=O. The minimum Gasteiger partial charge on any atom is -0.461 e. The predicted molar refractivity (Wildman–Crippen MR) is 57.4 cm³/mol. The lowest BCUT2D eigenvalue weighted by Gasteiger charge is -2.29. The summed E-state index contributed by atoms with van der Waals surface area (Å²) in [7, 11) is 0. The second-order valence-corrected chi connectivity index (χ2v) is 4.13. The second kappa shape index (κ2) is 5.10. The molecular formula is C12H18O3. The summed E-state index contributed by atoms with van der Waals surface area (Å²) in [4.78, 5) is 23.4. The number of carbonyl (C=O) groups is 2. The summed E-state index contributed by atoms with van der Waals surface area (Å²) in [6.45, 7) is 3.83. The maximum Gasteiger partial charge on any atom is 0.319 e. The van der Waals surface area contributed by atoms with Gasteiger partial charge in [-0.3, -0.25) is 9.59 Å². The van der Waals surface area contributed by atoms with E-state index in [1.54, 1.807) is 13.0 Å². The van der Waals surface area contributed by atoms with Crippen LogP contribution in [-0.4, -0.2) is 18.4 Å². The highest BCUT2D eigenvalue weighted by atomic mass is 16.5. The van der Waals surface area contributed by atoms with E-state index in [2.05, 4.69) is 0 Å². The molecule has 3 heteroatoms. The zero-order chi connectivity index (χ0) is 11.3. The fourth-order valence-corrected chi connectivity index (χ4v) is 1.77. The molecule has 1 saturated carbocycles. The van der Waals surface area contributed by atoms with Gasteiger partial charge in [-0.05, 0) is 26.7 Å². The first-order chi connectivity index (χ1) is 7.11. The molecule has 0 heterocycles. The summed E-state index contributed by atoms with van der Waals surface area (Å²) in [5.41, 5.74) is -0.889. The Morgan fingerprint density at radius 3 is 2.87 bits per heavy atom.